The first-order chi connectivity index (χ1) is 9.86. The highest BCUT2D eigenvalue weighted by molar-refractivity contribution is 7.61. The Morgan fingerprint density at radius 2 is 1.71 bits per heavy atom. The highest BCUT2D eigenvalue weighted by Crippen LogP contribution is 2.39. The molecule has 1 unspecified atom stereocenters. The van der Waals surface area contributed by atoms with Crippen molar-refractivity contribution >= 4 is 18.7 Å². The van der Waals surface area contributed by atoms with E-state index in [1.165, 1.54) is 19.2 Å². The maximum absolute atomic E-state index is 12.5. The van der Waals surface area contributed by atoms with Crippen LogP contribution in [0.4, 0.5) is 0 Å². The zero-order valence-electron chi connectivity index (χ0n) is 12.2. The summed E-state index contributed by atoms with van der Waals surface area (Å²) in [6, 6.07) is 11.6. The number of hydrogen-bond acceptors (Lipinski definition) is 3. The monoisotopic (exact) mass is 304 g/mol. The fourth-order valence-corrected chi connectivity index (χ4v) is 2.80. The van der Waals surface area contributed by atoms with Crippen molar-refractivity contribution in [2.75, 3.05) is 7.11 Å². The second kappa shape index (κ2) is 5.94. The van der Waals surface area contributed by atoms with Crippen molar-refractivity contribution in [3.63, 3.8) is 0 Å². The first kappa shape index (κ1) is 15.6. The van der Waals surface area contributed by atoms with E-state index in [0.29, 0.717) is 11.1 Å². The van der Waals surface area contributed by atoms with Crippen LogP contribution in [-0.4, -0.2) is 17.8 Å². The van der Waals surface area contributed by atoms with Crippen LogP contribution in [0.1, 0.15) is 27.0 Å². The number of carbonyl (C=O) groups excluding carboxylic acids is 1. The van der Waals surface area contributed by atoms with Crippen LogP contribution in [0.3, 0.4) is 0 Å². The molecule has 4 nitrogen and oxygen atoms in total. The van der Waals surface area contributed by atoms with Crippen LogP contribution in [-0.2, 0) is 9.09 Å². The molecular formula is C16H17O4P. The Balaban J connectivity index is 2.37. The summed E-state index contributed by atoms with van der Waals surface area (Å²) in [6.07, 6.45) is 0. The average Bonchev–Trinajstić information content (AvgIpc) is 2.49. The Kier molecular flexibility index (Phi) is 4.43. The lowest BCUT2D eigenvalue weighted by Crippen LogP contribution is -2.09. The Hall–Kier alpha value is -1.74. The average molecular weight is 304 g/mol. The van der Waals surface area contributed by atoms with Crippen molar-refractivity contribution < 1.29 is 18.8 Å². The molecule has 0 fully saturated rings. The molecule has 1 N–H and O–H groups in total. The summed E-state index contributed by atoms with van der Waals surface area (Å²) in [5.74, 6) is -0.104. The van der Waals surface area contributed by atoms with Gasteiger partial charge in [-0.3, -0.25) is 9.36 Å². The SMILES string of the molecule is COP(=O)(O)c1ccc(C(=O)c2cccc(C)c2C)cc1. The topological polar surface area (TPSA) is 63.6 Å². The molecule has 0 saturated carbocycles. The van der Waals surface area contributed by atoms with Gasteiger partial charge in [-0.2, -0.15) is 0 Å². The second-order valence-corrected chi connectivity index (χ2v) is 6.75. The first-order valence-electron chi connectivity index (χ1n) is 6.47. The number of carbonyl (C=O) groups is 1. The van der Waals surface area contributed by atoms with Gasteiger partial charge in [0.05, 0.1) is 5.30 Å². The van der Waals surface area contributed by atoms with Crippen molar-refractivity contribution in [2.45, 2.75) is 13.8 Å². The van der Waals surface area contributed by atoms with Crippen molar-refractivity contribution in [2.24, 2.45) is 0 Å². The number of aryl methyl sites for hydroxylation is 1. The predicted octanol–water partition coefficient (Wildman–Crippen LogP) is 2.99. The summed E-state index contributed by atoms with van der Waals surface area (Å²) in [7, 11) is -2.60. The zero-order chi connectivity index (χ0) is 15.6. The third kappa shape index (κ3) is 3.13. The Bertz CT molecular complexity index is 720. The summed E-state index contributed by atoms with van der Waals surface area (Å²) in [5.41, 5.74) is 3.11. The van der Waals surface area contributed by atoms with E-state index in [2.05, 4.69) is 4.52 Å². The molecule has 0 spiro atoms. The van der Waals surface area contributed by atoms with Crippen LogP contribution >= 0.6 is 7.60 Å². The van der Waals surface area contributed by atoms with Gasteiger partial charge in [0, 0.05) is 18.2 Å². The Morgan fingerprint density at radius 3 is 2.29 bits per heavy atom. The van der Waals surface area contributed by atoms with Gasteiger partial charge in [-0.25, -0.2) is 0 Å². The molecule has 1 atom stereocenters. The van der Waals surface area contributed by atoms with E-state index < -0.39 is 7.60 Å². The Morgan fingerprint density at radius 1 is 1.10 bits per heavy atom. The van der Waals surface area contributed by atoms with Crippen molar-refractivity contribution in [1.29, 1.82) is 0 Å². The van der Waals surface area contributed by atoms with Gasteiger partial charge >= 0.3 is 7.60 Å². The molecule has 2 aromatic carbocycles. The van der Waals surface area contributed by atoms with Crippen molar-refractivity contribution in [3.05, 3.63) is 64.7 Å². The lowest BCUT2D eigenvalue weighted by molar-refractivity contribution is 0.103. The molecule has 5 heteroatoms. The van der Waals surface area contributed by atoms with E-state index in [-0.39, 0.29) is 11.1 Å². The molecular weight excluding hydrogens is 287 g/mol. The van der Waals surface area contributed by atoms with E-state index in [1.54, 1.807) is 18.2 Å². The maximum Gasteiger partial charge on any atom is 0.358 e. The lowest BCUT2D eigenvalue weighted by Gasteiger charge is -2.10. The quantitative estimate of drug-likeness (QED) is 0.696. The Labute approximate surface area is 123 Å². The summed E-state index contributed by atoms with van der Waals surface area (Å²) >= 11 is 0. The molecule has 2 aromatic rings. The summed E-state index contributed by atoms with van der Waals surface area (Å²) in [4.78, 5) is 22.1. The normalized spacial score (nSPS) is 13.7. The number of ketones is 1. The molecule has 2 rings (SSSR count). The molecule has 0 aromatic heterocycles. The predicted molar refractivity (Wildman–Crippen MR) is 82.3 cm³/mol. The highest BCUT2D eigenvalue weighted by Gasteiger charge is 2.21. The minimum atomic E-state index is -3.78. The van der Waals surface area contributed by atoms with Crippen molar-refractivity contribution in [1.82, 2.24) is 0 Å². The molecule has 0 saturated heterocycles. The maximum atomic E-state index is 12.5. The third-order valence-corrected chi connectivity index (χ3v) is 5.00. The smallest absolute Gasteiger partial charge is 0.321 e. The highest BCUT2D eigenvalue weighted by atomic mass is 31.2. The molecule has 0 bridgehead atoms. The molecule has 0 aliphatic rings. The van der Waals surface area contributed by atoms with E-state index >= 15 is 0 Å². The van der Waals surface area contributed by atoms with Gasteiger partial charge < -0.3 is 9.42 Å². The van der Waals surface area contributed by atoms with Crippen LogP contribution in [0.25, 0.3) is 0 Å². The summed E-state index contributed by atoms with van der Waals surface area (Å²) < 4.78 is 16.3. The van der Waals surface area contributed by atoms with Crippen LogP contribution < -0.4 is 5.30 Å². The van der Waals surface area contributed by atoms with E-state index in [1.807, 2.05) is 26.0 Å². The van der Waals surface area contributed by atoms with Gasteiger partial charge in [0.15, 0.2) is 5.78 Å². The summed E-state index contributed by atoms with van der Waals surface area (Å²) in [5, 5.41) is 0.169. The number of benzene rings is 2. The van der Waals surface area contributed by atoms with Crippen molar-refractivity contribution in [3.8, 4) is 0 Å². The fourth-order valence-electron chi connectivity index (χ4n) is 2.06. The molecule has 0 aliphatic carbocycles. The van der Waals surface area contributed by atoms with E-state index in [0.717, 1.165) is 11.1 Å². The van der Waals surface area contributed by atoms with Gasteiger partial charge in [0.2, 0.25) is 0 Å². The molecule has 110 valence electrons. The largest absolute Gasteiger partial charge is 0.358 e. The van der Waals surface area contributed by atoms with Crippen LogP contribution in [0.15, 0.2) is 42.5 Å². The van der Waals surface area contributed by atoms with Gasteiger partial charge in [0.1, 0.15) is 0 Å². The fraction of sp³-hybridized carbons (Fsp3) is 0.188. The molecule has 0 heterocycles. The first-order valence-corrected chi connectivity index (χ1v) is 8.04. The third-order valence-electron chi connectivity index (χ3n) is 3.55. The summed E-state index contributed by atoms with van der Waals surface area (Å²) in [6.45, 7) is 3.86. The standard InChI is InChI=1S/C16H17O4P/c1-11-5-4-6-15(12(11)2)16(17)13-7-9-14(10-8-13)21(18,19)20-3/h4-10H,1-3H3,(H,18,19). The second-order valence-electron chi connectivity index (χ2n) is 4.83. The number of hydrogen-bond donors (Lipinski definition) is 1. The minimum absolute atomic E-state index is 0.104. The molecule has 0 aliphatic heterocycles. The van der Waals surface area contributed by atoms with Gasteiger partial charge in [0.25, 0.3) is 0 Å². The molecule has 21 heavy (non-hydrogen) atoms. The minimum Gasteiger partial charge on any atom is -0.321 e. The number of rotatable bonds is 4. The van der Waals surface area contributed by atoms with Crippen LogP contribution in [0.2, 0.25) is 0 Å². The van der Waals surface area contributed by atoms with Gasteiger partial charge in [-0.05, 0) is 37.1 Å². The van der Waals surface area contributed by atoms with Crippen LogP contribution in [0, 0.1) is 13.8 Å². The molecule has 0 radical (unpaired) electrons. The lowest BCUT2D eigenvalue weighted by atomic mass is 9.96. The van der Waals surface area contributed by atoms with E-state index in [4.69, 9.17) is 0 Å². The molecule has 0 amide bonds. The van der Waals surface area contributed by atoms with E-state index in [9.17, 15) is 14.3 Å². The van der Waals surface area contributed by atoms with Gasteiger partial charge in [-0.1, -0.05) is 30.3 Å². The zero-order valence-corrected chi connectivity index (χ0v) is 13.1. The van der Waals surface area contributed by atoms with Gasteiger partial charge in [-0.15, -0.1) is 0 Å². The van der Waals surface area contributed by atoms with Crippen LogP contribution in [0.5, 0.6) is 0 Å².